The maximum absolute atomic E-state index is 11.9. The fourth-order valence-corrected chi connectivity index (χ4v) is 2.69. The van der Waals surface area contributed by atoms with Gasteiger partial charge < -0.3 is 10.6 Å². The van der Waals surface area contributed by atoms with Gasteiger partial charge in [0.1, 0.15) is 0 Å². The normalized spacial score (nSPS) is 22.4. The van der Waals surface area contributed by atoms with Crippen molar-refractivity contribution in [1.82, 2.24) is 10.6 Å². The predicted molar refractivity (Wildman–Crippen MR) is 77.7 cm³/mol. The molecule has 1 aromatic carbocycles. The average Bonchev–Trinajstić information content (AvgIpc) is 2.86. The van der Waals surface area contributed by atoms with E-state index in [-0.39, 0.29) is 11.8 Å². The van der Waals surface area contributed by atoms with Gasteiger partial charge in [-0.05, 0) is 30.7 Å². The first-order chi connectivity index (χ1) is 9.25. The van der Waals surface area contributed by atoms with Crippen molar-refractivity contribution >= 4 is 5.91 Å². The second-order valence-electron chi connectivity index (χ2n) is 5.57. The molecule has 1 aliphatic carbocycles. The minimum Gasteiger partial charge on any atom is -0.355 e. The number of nitrogens with one attached hydrogen (secondary N) is 2. The van der Waals surface area contributed by atoms with E-state index in [2.05, 4.69) is 29.7 Å². The molecule has 1 saturated carbocycles. The molecular formula is C16H24N2O. The highest BCUT2D eigenvalue weighted by Crippen LogP contribution is 2.30. The first kappa shape index (κ1) is 14.1. The van der Waals surface area contributed by atoms with Crippen molar-refractivity contribution in [2.45, 2.75) is 32.7 Å². The summed E-state index contributed by atoms with van der Waals surface area (Å²) in [5.41, 5.74) is 1.28. The Morgan fingerprint density at radius 1 is 1.21 bits per heavy atom. The summed E-state index contributed by atoms with van der Waals surface area (Å²) in [5, 5.41) is 6.37. The zero-order valence-corrected chi connectivity index (χ0v) is 11.7. The van der Waals surface area contributed by atoms with Gasteiger partial charge in [-0.1, -0.05) is 37.3 Å². The molecule has 1 amide bonds. The Morgan fingerprint density at radius 3 is 2.68 bits per heavy atom. The summed E-state index contributed by atoms with van der Waals surface area (Å²) in [6.45, 7) is 4.63. The Balaban J connectivity index is 1.56. The first-order valence-corrected chi connectivity index (χ1v) is 7.28. The van der Waals surface area contributed by atoms with Gasteiger partial charge in [-0.2, -0.15) is 0 Å². The number of hydrogen-bond acceptors (Lipinski definition) is 2. The van der Waals surface area contributed by atoms with Gasteiger partial charge in [-0.3, -0.25) is 4.79 Å². The maximum atomic E-state index is 11.9. The highest BCUT2D eigenvalue weighted by Gasteiger charge is 2.26. The monoisotopic (exact) mass is 260 g/mol. The smallest absolute Gasteiger partial charge is 0.223 e. The molecule has 2 N–H and O–H groups in total. The van der Waals surface area contributed by atoms with Crippen LogP contribution in [-0.2, 0) is 11.3 Å². The van der Waals surface area contributed by atoms with Crippen LogP contribution in [0.3, 0.4) is 0 Å². The predicted octanol–water partition coefficient (Wildman–Crippen LogP) is 2.33. The molecule has 1 aromatic rings. The van der Waals surface area contributed by atoms with Gasteiger partial charge in [-0.15, -0.1) is 0 Å². The summed E-state index contributed by atoms with van der Waals surface area (Å²) in [5.74, 6) is 1.21. The molecule has 0 aliphatic heterocycles. The SMILES string of the molecule is CC1CCC(C(=O)NCCNCc2ccccc2)C1. The summed E-state index contributed by atoms with van der Waals surface area (Å²) in [6.07, 6.45) is 3.32. The van der Waals surface area contributed by atoms with Crippen LogP contribution in [-0.4, -0.2) is 19.0 Å². The molecule has 0 saturated heterocycles. The minimum absolute atomic E-state index is 0.242. The molecule has 3 nitrogen and oxygen atoms in total. The standard InChI is InChI=1S/C16H24N2O/c1-13-7-8-15(11-13)16(19)18-10-9-17-12-14-5-3-2-4-6-14/h2-6,13,15,17H,7-12H2,1H3,(H,18,19). The lowest BCUT2D eigenvalue weighted by molar-refractivity contribution is -0.124. The van der Waals surface area contributed by atoms with E-state index in [1.807, 2.05) is 18.2 Å². The molecule has 19 heavy (non-hydrogen) atoms. The van der Waals surface area contributed by atoms with Crippen LogP contribution < -0.4 is 10.6 Å². The van der Waals surface area contributed by atoms with Crippen molar-refractivity contribution in [3.8, 4) is 0 Å². The molecule has 2 unspecified atom stereocenters. The third-order valence-corrected chi connectivity index (χ3v) is 3.84. The maximum Gasteiger partial charge on any atom is 0.223 e. The number of amides is 1. The van der Waals surface area contributed by atoms with Crippen molar-refractivity contribution in [2.75, 3.05) is 13.1 Å². The van der Waals surface area contributed by atoms with E-state index in [9.17, 15) is 4.79 Å². The largest absolute Gasteiger partial charge is 0.355 e. The fraction of sp³-hybridized carbons (Fsp3) is 0.562. The van der Waals surface area contributed by atoms with E-state index in [0.717, 1.165) is 32.5 Å². The average molecular weight is 260 g/mol. The van der Waals surface area contributed by atoms with Gasteiger partial charge in [0.05, 0.1) is 0 Å². The van der Waals surface area contributed by atoms with Gasteiger partial charge in [0.15, 0.2) is 0 Å². The third kappa shape index (κ3) is 4.67. The molecule has 2 rings (SSSR count). The molecule has 1 aliphatic rings. The zero-order chi connectivity index (χ0) is 13.5. The molecule has 0 spiro atoms. The first-order valence-electron chi connectivity index (χ1n) is 7.28. The van der Waals surface area contributed by atoms with E-state index in [1.54, 1.807) is 0 Å². The van der Waals surface area contributed by atoms with Crippen LogP contribution in [0.1, 0.15) is 31.7 Å². The van der Waals surface area contributed by atoms with Crippen LogP contribution in [0.2, 0.25) is 0 Å². The molecule has 3 heteroatoms. The van der Waals surface area contributed by atoms with Gasteiger partial charge in [0.2, 0.25) is 5.91 Å². The summed E-state index contributed by atoms with van der Waals surface area (Å²) in [7, 11) is 0. The van der Waals surface area contributed by atoms with Crippen molar-refractivity contribution in [3.05, 3.63) is 35.9 Å². The Bertz CT molecular complexity index is 391. The van der Waals surface area contributed by atoms with Crippen LogP contribution in [0.15, 0.2) is 30.3 Å². The van der Waals surface area contributed by atoms with Crippen molar-refractivity contribution in [1.29, 1.82) is 0 Å². The molecule has 0 heterocycles. The topological polar surface area (TPSA) is 41.1 Å². The quantitative estimate of drug-likeness (QED) is 0.771. The molecule has 0 aromatic heterocycles. The summed E-state index contributed by atoms with van der Waals surface area (Å²) in [6, 6.07) is 10.3. The molecule has 0 bridgehead atoms. The number of hydrogen-bond donors (Lipinski definition) is 2. The van der Waals surface area contributed by atoms with Crippen LogP contribution in [0, 0.1) is 11.8 Å². The lowest BCUT2D eigenvalue weighted by atomic mass is 10.1. The van der Waals surface area contributed by atoms with Crippen molar-refractivity contribution in [3.63, 3.8) is 0 Å². The fourth-order valence-electron chi connectivity index (χ4n) is 2.69. The zero-order valence-electron chi connectivity index (χ0n) is 11.7. The molecule has 104 valence electrons. The summed E-state index contributed by atoms with van der Waals surface area (Å²) in [4.78, 5) is 11.9. The summed E-state index contributed by atoms with van der Waals surface area (Å²) >= 11 is 0. The lowest BCUT2D eigenvalue weighted by Crippen LogP contribution is -2.35. The van der Waals surface area contributed by atoms with Crippen LogP contribution in [0.25, 0.3) is 0 Å². The Labute approximate surface area is 115 Å². The summed E-state index contributed by atoms with van der Waals surface area (Å²) < 4.78 is 0. The number of carbonyl (C=O) groups excluding carboxylic acids is 1. The Hall–Kier alpha value is -1.35. The van der Waals surface area contributed by atoms with Crippen molar-refractivity contribution in [2.24, 2.45) is 11.8 Å². The highest BCUT2D eigenvalue weighted by atomic mass is 16.1. The third-order valence-electron chi connectivity index (χ3n) is 3.84. The number of benzene rings is 1. The van der Waals surface area contributed by atoms with Gasteiger partial charge in [0.25, 0.3) is 0 Å². The minimum atomic E-state index is 0.242. The van der Waals surface area contributed by atoms with Crippen LogP contribution in [0.5, 0.6) is 0 Å². The van der Waals surface area contributed by atoms with Gasteiger partial charge >= 0.3 is 0 Å². The Morgan fingerprint density at radius 2 is 2.00 bits per heavy atom. The van der Waals surface area contributed by atoms with E-state index in [1.165, 1.54) is 12.0 Å². The molecular weight excluding hydrogens is 236 g/mol. The number of rotatable bonds is 6. The van der Waals surface area contributed by atoms with Gasteiger partial charge in [0, 0.05) is 25.6 Å². The van der Waals surface area contributed by atoms with E-state index in [4.69, 9.17) is 0 Å². The van der Waals surface area contributed by atoms with E-state index in [0.29, 0.717) is 5.92 Å². The van der Waals surface area contributed by atoms with Crippen LogP contribution >= 0.6 is 0 Å². The highest BCUT2D eigenvalue weighted by molar-refractivity contribution is 5.78. The van der Waals surface area contributed by atoms with Crippen LogP contribution in [0.4, 0.5) is 0 Å². The molecule has 2 atom stereocenters. The van der Waals surface area contributed by atoms with E-state index >= 15 is 0 Å². The van der Waals surface area contributed by atoms with Gasteiger partial charge in [-0.25, -0.2) is 0 Å². The molecule has 0 radical (unpaired) electrons. The second kappa shape index (κ2) is 7.29. The number of carbonyl (C=O) groups is 1. The van der Waals surface area contributed by atoms with Crippen molar-refractivity contribution < 1.29 is 4.79 Å². The van der Waals surface area contributed by atoms with E-state index < -0.39 is 0 Å². The lowest BCUT2D eigenvalue weighted by Gasteiger charge is -2.11. The second-order valence-corrected chi connectivity index (χ2v) is 5.57. The molecule has 1 fully saturated rings. The Kier molecular flexibility index (Phi) is 5.40.